The Morgan fingerprint density at radius 1 is 1.08 bits per heavy atom. The Morgan fingerprint density at radius 2 is 1.92 bits per heavy atom. The first-order chi connectivity index (χ1) is 18.4. The number of anilines is 1. The number of fused-ring (bicyclic) bond motifs is 6. The molecule has 0 saturated carbocycles. The molecular formula is C28H31N5O5. The summed E-state index contributed by atoms with van der Waals surface area (Å²) in [5.74, 6) is 0.0196. The number of benzene rings is 2. The van der Waals surface area contributed by atoms with Crippen LogP contribution in [-0.4, -0.2) is 91.4 Å². The molecule has 38 heavy (non-hydrogen) atoms. The first-order valence-electron chi connectivity index (χ1n) is 13.1. The van der Waals surface area contributed by atoms with Gasteiger partial charge in [0.25, 0.3) is 0 Å². The van der Waals surface area contributed by atoms with Crippen molar-refractivity contribution >= 4 is 29.4 Å². The van der Waals surface area contributed by atoms with E-state index in [1.54, 1.807) is 26.6 Å². The number of ether oxygens (including phenoxy) is 1. The van der Waals surface area contributed by atoms with Crippen molar-refractivity contribution in [3.63, 3.8) is 0 Å². The van der Waals surface area contributed by atoms with E-state index in [0.29, 0.717) is 57.1 Å². The molecule has 2 saturated heterocycles. The van der Waals surface area contributed by atoms with Crippen molar-refractivity contribution in [1.29, 1.82) is 0 Å². The van der Waals surface area contributed by atoms with E-state index >= 15 is 0 Å². The van der Waals surface area contributed by atoms with Crippen molar-refractivity contribution in [2.24, 2.45) is 0 Å². The Morgan fingerprint density at radius 3 is 2.74 bits per heavy atom. The molecule has 1 spiro atoms. The highest BCUT2D eigenvalue weighted by molar-refractivity contribution is 6.12. The fourth-order valence-corrected chi connectivity index (χ4v) is 6.34. The summed E-state index contributed by atoms with van der Waals surface area (Å²) in [7, 11) is 1.72. The minimum absolute atomic E-state index is 0.0477. The molecule has 2 aromatic rings. The number of nitrogens with zero attached hydrogens (tertiary/aromatic N) is 4. The maximum atomic E-state index is 14.4. The topological polar surface area (TPSA) is 102 Å². The number of likely N-dealkylation sites (tertiary alicyclic amines) is 1. The first-order valence-corrected chi connectivity index (χ1v) is 13.1. The number of carbonyl (C=O) groups is 4. The van der Waals surface area contributed by atoms with E-state index in [2.05, 4.69) is 5.32 Å². The van der Waals surface area contributed by atoms with E-state index in [1.165, 1.54) is 0 Å². The Labute approximate surface area is 221 Å². The maximum Gasteiger partial charge on any atom is 0.320 e. The van der Waals surface area contributed by atoms with E-state index in [-0.39, 0.29) is 36.8 Å². The fourth-order valence-electron chi connectivity index (χ4n) is 6.34. The molecule has 0 aliphatic carbocycles. The molecule has 6 rings (SSSR count). The number of likely N-dealkylation sites (N-methyl/N-ethyl adjacent to an activating group) is 1. The number of nitrogens with one attached hydrogen (secondary N) is 1. The first kappa shape index (κ1) is 24.3. The minimum atomic E-state index is -1.05. The summed E-state index contributed by atoms with van der Waals surface area (Å²) in [6.07, 6.45) is 1.03. The SMILES string of the molecule is CN1CCN(CC(=O)N2CC[C@]34C(=O)N(CC(=O)NCCCOc5cccc(c5)[C@H]23)c2ccccc24)C1=O. The van der Waals surface area contributed by atoms with Crippen LogP contribution in [0.25, 0.3) is 0 Å². The summed E-state index contributed by atoms with van der Waals surface area (Å²) in [4.78, 5) is 60.0. The monoisotopic (exact) mass is 517 g/mol. The number of carbonyl (C=O) groups excluding carboxylic acids is 4. The molecule has 0 unspecified atom stereocenters. The zero-order valence-electron chi connectivity index (χ0n) is 21.4. The van der Waals surface area contributed by atoms with Crippen molar-refractivity contribution in [1.82, 2.24) is 20.0 Å². The number of hydrogen-bond acceptors (Lipinski definition) is 5. The second-order valence-corrected chi connectivity index (χ2v) is 10.4. The van der Waals surface area contributed by atoms with Crippen LogP contribution in [0.2, 0.25) is 0 Å². The van der Waals surface area contributed by atoms with E-state index < -0.39 is 11.5 Å². The lowest BCUT2D eigenvalue weighted by molar-refractivity contribution is -0.134. The number of amides is 5. The Bertz CT molecular complexity index is 1310. The van der Waals surface area contributed by atoms with Crippen LogP contribution in [0, 0.1) is 0 Å². The van der Waals surface area contributed by atoms with Gasteiger partial charge in [0.2, 0.25) is 17.7 Å². The van der Waals surface area contributed by atoms with Crippen molar-refractivity contribution in [3.8, 4) is 5.75 Å². The molecule has 4 heterocycles. The van der Waals surface area contributed by atoms with Crippen LogP contribution in [0.15, 0.2) is 48.5 Å². The molecular weight excluding hydrogens is 486 g/mol. The van der Waals surface area contributed by atoms with Crippen LogP contribution in [0.1, 0.15) is 30.0 Å². The van der Waals surface area contributed by atoms with Crippen LogP contribution in [0.4, 0.5) is 10.5 Å². The lowest BCUT2D eigenvalue weighted by Gasteiger charge is -2.36. The van der Waals surface area contributed by atoms with Crippen molar-refractivity contribution in [2.75, 3.05) is 57.8 Å². The zero-order chi connectivity index (χ0) is 26.4. The number of rotatable bonds is 2. The third-order valence-electron chi connectivity index (χ3n) is 8.16. The minimum Gasteiger partial charge on any atom is -0.494 e. The molecule has 4 aliphatic heterocycles. The summed E-state index contributed by atoms with van der Waals surface area (Å²) in [5, 5.41) is 2.89. The van der Waals surface area contributed by atoms with E-state index in [9.17, 15) is 19.2 Å². The van der Waals surface area contributed by atoms with Gasteiger partial charge in [-0.05, 0) is 42.2 Å². The summed E-state index contributed by atoms with van der Waals surface area (Å²) in [5.41, 5.74) is 1.26. The highest BCUT2D eigenvalue weighted by Crippen LogP contribution is 2.56. The summed E-state index contributed by atoms with van der Waals surface area (Å²) >= 11 is 0. The molecule has 2 aromatic carbocycles. The smallest absolute Gasteiger partial charge is 0.320 e. The van der Waals surface area contributed by atoms with Crippen molar-refractivity contribution < 1.29 is 23.9 Å². The summed E-state index contributed by atoms with van der Waals surface area (Å²) < 4.78 is 5.97. The van der Waals surface area contributed by atoms with E-state index in [0.717, 1.165) is 11.1 Å². The Balaban J connectivity index is 1.46. The molecule has 0 aromatic heterocycles. The van der Waals surface area contributed by atoms with Crippen LogP contribution < -0.4 is 15.0 Å². The van der Waals surface area contributed by atoms with Gasteiger partial charge in [-0.15, -0.1) is 0 Å². The predicted octanol–water partition coefficient (Wildman–Crippen LogP) is 1.51. The second kappa shape index (κ2) is 9.34. The summed E-state index contributed by atoms with van der Waals surface area (Å²) in [6.45, 7) is 2.15. The third-order valence-corrected chi connectivity index (χ3v) is 8.16. The molecule has 0 radical (unpaired) electrons. The lowest BCUT2D eigenvalue weighted by atomic mass is 9.72. The van der Waals surface area contributed by atoms with E-state index in [4.69, 9.17) is 4.74 Å². The van der Waals surface area contributed by atoms with Gasteiger partial charge in [0.15, 0.2) is 0 Å². The van der Waals surface area contributed by atoms with E-state index in [1.807, 2.05) is 48.5 Å². The van der Waals surface area contributed by atoms with Gasteiger partial charge in [-0.3, -0.25) is 14.4 Å². The van der Waals surface area contributed by atoms with Gasteiger partial charge in [0.1, 0.15) is 24.3 Å². The molecule has 4 bridgehead atoms. The van der Waals surface area contributed by atoms with Gasteiger partial charge in [-0.1, -0.05) is 30.3 Å². The summed E-state index contributed by atoms with van der Waals surface area (Å²) in [6, 6.07) is 14.4. The average Bonchev–Trinajstić information content (AvgIpc) is 3.54. The highest BCUT2D eigenvalue weighted by atomic mass is 16.5. The van der Waals surface area contributed by atoms with Gasteiger partial charge in [-0.2, -0.15) is 0 Å². The van der Waals surface area contributed by atoms with Gasteiger partial charge >= 0.3 is 6.03 Å². The van der Waals surface area contributed by atoms with Gasteiger partial charge in [-0.25, -0.2) is 4.79 Å². The van der Waals surface area contributed by atoms with Crippen LogP contribution in [0.5, 0.6) is 5.75 Å². The Hall–Kier alpha value is -4.08. The molecule has 10 heteroatoms. The number of hydrogen-bond donors (Lipinski definition) is 1. The second-order valence-electron chi connectivity index (χ2n) is 10.4. The normalized spacial score (nSPS) is 25.1. The molecule has 4 aliphatic rings. The molecule has 198 valence electrons. The zero-order valence-corrected chi connectivity index (χ0v) is 21.4. The van der Waals surface area contributed by atoms with Gasteiger partial charge in [0, 0.05) is 38.9 Å². The Kier molecular flexibility index (Phi) is 5.97. The number of urea groups is 1. The third kappa shape index (κ3) is 3.77. The largest absolute Gasteiger partial charge is 0.494 e. The van der Waals surface area contributed by atoms with Crippen molar-refractivity contribution in [2.45, 2.75) is 24.3 Å². The predicted molar refractivity (Wildman–Crippen MR) is 139 cm³/mol. The standard InChI is InChI=1S/C28H31N5O5/c1-30-13-14-31(27(30)37)18-24(35)32-12-10-28-21-8-2-3-9-22(21)33(26(28)36)17-23(34)29-11-5-15-38-20-7-4-6-19(16-20)25(28)32/h2-4,6-9,16,25H,5,10-15,17-18H2,1H3,(H,29,34)/t25-,28+/m0/s1. The molecule has 2 atom stereocenters. The highest BCUT2D eigenvalue weighted by Gasteiger charge is 2.61. The molecule has 1 N–H and O–H groups in total. The molecule has 5 amide bonds. The van der Waals surface area contributed by atoms with Crippen LogP contribution in [0.3, 0.4) is 0 Å². The quantitative estimate of drug-likeness (QED) is 0.651. The maximum absolute atomic E-state index is 14.4. The van der Waals surface area contributed by atoms with Crippen LogP contribution >= 0.6 is 0 Å². The number of para-hydroxylation sites is 1. The van der Waals surface area contributed by atoms with Crippen molar-refractivity contribution in [3.05, 3.63) is 59.7 Å². The molecule has 2 fully saturated rings. The fraction of sp³-hybridized carbons (Fsp3) is 0.429. The van der Waals surface area contributed by atoms with Crippen LogP contribution in [-0.2, 0) is 19.8 Å². The lowest BCUT2D eigenvalue weighted by Crippen LogP contribution is -2.49. The van der Waals surface area contributed by atoms with Gasteiger partial charge in [0.05, 0.1) is 12.6 Å². The average molecular weight is 518 g/mol. The van der Waals surface area contributed by atoms with Gasteiger partial charge < -0.3 is 29.7 Å². The molecule has 10 nitrogen and oxygen atoms in total.